The highest BCUT2D eigenvalue weighted by atomic mass is 16.5. The summed E-state index contributed by atoms with van der Waals surface area (Å²) in [7, 11) is 0. The predicted molar refractivity (Wildman–Crippen MR) is 120 cm³/mol. The molecule has 0 saturated carbocycles. The summed E-state index contributed by atoms with van der Waals surface area (Å²) in [4.78, 5) is 15.3. The first-order valence-corrected chi connectivity index (χ1v) is 10.7. The largest absolute Gasteiger partial charge is 0.373 e. The first-order chi connectivity index (χ1) is 14.8. The molecule has 0 aliphatic carbocycles. The zero-order chi connectivity index (χ0) is 20.3. The number of ether oxygens (including phenoxy) is 1. The van der Waals surface area contributed by atoms with E-state index in [1.165, 1.54) is 16.8 Å². The smallest absolute Gasteiger partial charge is 0.227 e. The molecule has 0 radical (unpaired) electrons. The first kappa shape index (κ1) is 18.9. The van der Waals surface area contributed by atoms with E-state index in [9.17, 15) is 4.79 Å². The second-order valence-electron chi connectivity index (χ2n) is 8.02. The Hall–Kier alpha value is -3.11. The Morgan fingerprint density at radius 1 is 0.933 bits per heavy atom. The number of nitrogens with zero attached hydrogens (tertiary/aromatic N) is 1. The SMILES string of the molecule is O=C(CC1OCCc2ccccc21)Nc1ccccc1CN1CCc2ccccc21. The molecule has 0 saturated heterocycles. The molecule has 5 rings (SSSR count). The summed E-state index contributed by atoms with van der Waals surface area (Å²) in [6, 6.07) is 24.9. The summed E-state index contributed by atoms with van der Waals surface area (Å²) in [6.45, 7) is 2.46. The molecule has 3 aromatic rings. The van der Waals surface area contributed by atoms with Gasteiger partial charge >= 0.3 is 0 Å². The van der Waals surface area contributed by atoms with Crippen molar-refractivity contribution in [3.05, 3.63) is 95.1 Å². The van der Waals surface area contributed by atoms with Gasteiger partial charge in [-0.3, -0.25) is 4.79 Å². The van der Waals surface area contributed by atoms with Gasteiger partial charge in [-0.1, -0.05) is 60.7 Å². The Balaban J connectivity index is 1.29. The third-order valence-corrected chi connectivity index (χ3v) is 6.10. The highest BCUT2D eigenvalue weighted by molar-refractivity contribution is 5.92. The van der Waals surface area contributed by atoms with Gasteiger partial charge in [0.15, 0.2) is 0 Å². The van der Waals surface area contributed by atoms with Crippen LogP contribution >= 0.6 is 0 Å². The molecular formula is C26H26N2O2. The van der Waals surface area contributed by atoms with E-state index in [0.717, 1.165) is 42.7 Å². The molecule has 152 valence electrons. The van der Waals surface area contributed by atoms with Gasteiger partial charge in [0.05, 0.1) is 19.1 Å². The van der Waals surface area contributed by atoms with E-state index in [2.05, 4.69) is 52.7 Å². The van der Waals surface area contributed by atoms with Crippen LogP contribution in [0.15, 0.2) is 72.8 Å². The normalized spacial score (nSPS) is 17.3. The fourth-order valence-electron chi connectivity index (χ4n) is 4.57. The highest BCUT2D eigenvalue weighted by Crippen LogP contribution is 2.32. The molecule has 1 atom stereocenters. The third kappa shape index (κ3) is 3.83. The lowest BCUT2D eigenvalue weighted by molar-refractivity contribution is -0.119. The molecule has 0 aromatic heterocycles. The average molecular weight is 399 g/mol. The summed E-state index contributed by atoms with van der Waals surface area (Å²) in [6.07, 6.45) is 2.14. The molecule has 2 heterocycles. The van der Waals surface area contributed by atoms with Crippen LogP contribution in [0.2, 0.25) is 0 Å². The van der Waals surface area contributed by atoms with E-state index in [1.54, 1.807) is 0 Å². The molecule has 0 spiro atoms. The molecule has 1 amide bonds. The van der Waals surface area contributed by atoms with Crippen molar-refractivity contribution < 1.29 is 9.53 Å². The van der Waals surface area contributed by atoms with Gasteiger partial charge in [-0.25, -0.2) is 0 Å². The van der Waals surface area contributed by atoms with Gasteiger partial charge in [0.25, 0.3) is 0 Å². The lowest BCUT2D eigenvalue weighted by Crippen LogP contribution is -2.24. The van der Waals surface area contributed by atoms with Crippen molar-refractivity contribution in [1.29, 1.82) is 0 Å². The lowest BCUT2D eigenvalue weighted by atomic mass is 9.95. The fourth-order valence-corrected chi connectivity index (χ4v) is 4.57. The quantitative estimate of drug-likeness (QED) is 0.665. The number of carbonyl (C=O) groups excluding carboxylic acids is 1. The van der Waals surface area contributed by atoms with Crippen LogP contribution in [0, 0.1) is 0 Å². The minimum Gasteiger partial charge on any atom is -0.373 e. The Labute approximate surface area is 177 Å². The van der Waals surface area contributed by atoms with Crippen molar-refractivity contribution in [2.24, 2.45) is 0 Å². The van der Waals surface area contributed by atoms with Gasteiger partial charge in [-0.2, -0.15) is 0 Å². The number of fused-ring (bicyclic) bond motifs is 2. The Morgan fingerprint density at radius 3 is 2.63 bits per heavy atom. The molecule has 0 bridgehead atoms. The monoisotopic (exact) mass is 398 g/mol. The van der Waals surface area contributed by atoms with Crippen LogP contribution < -0.4 is 10.2 Å². The van der Waals surface area contributed by atoms with Crippen molar-refractivity contribution in [2.75, 3.05) is 23.4 Å². The maximum atomic E-state index is 12.9. The van der Waals surface area contributed by atoms with Gasteiger partial charge in [-0.05, 0) is 47.2 Å². The van der Waals surface area contributed by atoms with E-state index in [4.69, 9.17) is 4.74 Å². The molecule has 4 heteroatoms. The molecule has 3 aromatic carbocycles. The van der Waals surface area contributed by atoms with Crippen molar-refractivity contribution in [2.45, 2.75) is 31.9 Å². The van der Waals surface area contributed by atoms with Crippen LogP contribution in [0.5, 0.6) is 0 Å². The lowest BCUT2D eigenvalue weighted by Gasteiger charge is -2.26. The number of benzene rings is 3. The average Bonchev–Trinajstić information content (AvgIpc) is 3.18. The molecule has 2 aliphatic heterocycles. The number of amides is 1. The standard InChI is InChI=1S/C26H26N2O2/c29-26(17-25-22-10-4-1-7-19(22)14-16-30-25)27-23-11-5-2-9-21(23)18-28-15-13-20-8-3-6-12-24(20)28/h1-12,25H,13-18H2,(H,27,29). The summed E-state index contributed by atoms with van der Waals surface area (Å²) < 4.78 is 5.92. The maximum Gasteiger partial charge on any atom is 0.227 e. The molecule has 2 aliphatic rings. The number of nitrogens with one attached hydrogen (secondary N) is 1. The molecule has 1 N–H and O–H groups in total. The molecule has 4 nitrogen and oxygen atoms in total. The predicted octanol–water partition coefficient (Wildman–Crippen LogP) is 4.89. The summed E-state index contributed by atoms with van der Waals surface area (Å²) >= 11 is 0. The van der Waals surface area contributed by atoms with E-state index in [-0.39, 0.29) is 12.0 Å². The van der Waals surface area contributed by atoms with E-state index in [1.807, 2.05) is 30.3 Å². The number of para-hydroxylation sites is 2. The van der Waals surface area contributed by atoms with Crippen molar-refractivity contribution in [1.82, 2.24) is 0 Å². The van der Waals surface area contributed by atoms with Gasteiger partial charge < -0.3 is 15.0 Å². The number of rotatable bonds is 5. The van der Waals surface area contributed by atoms with Crippen molar-refractivity contribution >= 4 is 17.3 Å². The number of hydrogen-bond donors (Lipinski definition) is 1. The van der Waals surface area contributed by atoms with Gasteiger partial charge in [0, 0.05) is 24.5 Å². The number of hydrogen-bond acceptors (Lipinski definition) is 3. The van der Waals surface area contributed by atoms with Crippen LogP contribution in [0.3, 0.4) is 0 Å². The van der Waals surface area contributed by atoms with Crippen LogP contribution in [0.25, 0.3) is 0 Å². The first-order valence-electron chi connectivity index (χ1n) is 10.7. The van der Waals surface area contributed by atoms with Gasteiger partial charge in [0.2, 0.25) is 5.91 Å². The van der Waals surface area contributed by atoms with E-state index in [0.29, 0.717) is 13.0 Å². The Bertz CT molecular complexity index is 1060. The summed E-state index contributed by atoms with van der Waals surface area (Å²) in [5, 5.41) is 3.14. The third-order valence-electron chi connectivity index (χ3n) is 6.10. The van der Waals surface area contributed by atoms with Gasteiger partial charge in [-0.15, -0.1) is 0 Å². The minimum absolute atomic E-state index is 0.00836. The van der Waals surface area contributed by atoms with Crippen LogP contribution in [0.1, 0.15) is 34.8 Å². The van der Waals surface area contributed by atoms with Crippen LogP contribution in [0.4, 0.5) is 11.4 Å². The number of anilines is 2. The van der Waals surface area contributed by atoms with E-state index < -0.39 is 0 Å². The van der Waals surface area contributed by atoms with Crippen molar-refractivity contribution in [3.63, 3.8) is 0 Å². The second-order valence-corrected chi connectivity index (χ2v) is 8.02. The fraction of sp³-hybridized carbons (Fsp3) is 0.269. The Morgan fingerprint density at radius 2 is 1.70 bits per heavy atom. The summed E-state index contributed by atoms with van der Waals surface area (Å²) in [5.74, 6) is -0.00836. The number of carbonyl (C=O) groups is 1. The highest BCUT2D eigenvalue weighted by Gasteiger charge is 2.24. The second kappa shape index (κ2) is 8.33. The zero-order valence-electron chi connectivity index (χ0n) is 17.0. The zero-order valence-corrected chi connectivity index (χ0v) is 17.0. The molecule has 0 fully saturated rings. The van der Waals surface area contributed by atoms with Crippen LogP contribution in [-0.2, 0) is 28.9 Å². The topological polar surface area (TPSA) is 41.6 Å². The van der Waals surface area contributed by atoms with E-state index >= 15 is 0 Å². The molecule has 30 heavy (non-hydrogen) atoms. The Kier molecular flexibility index (Phi) is 5.24. The maximum absolute atomic E-state index is 12.9. The minimum atomic E-state index is -0.174. The van der Waals surface area contributed by atoms with Crippen LogP contribution in [-0.4, -0.2) is 19.1 Å². The van der Waals surface area contributed by atoms with Crippen molar-refractivity contribution in [3.8, 4) is 0 Å². The van der Waals surface area contributed by atoms with Gasteiger partial charge in [0.1, 0.15) is 0 Å². The molecular weight excluding hydrogens is 372 g/mol. The summed E-state index contributed by atoms with van der Waals surface area (Å²) in [5.41, 5.74) is 7.14. The molecule has 1 unspecified atom stereocenters.